The van der Waals surface area contributed by atoms with Crippen molar-refractivity contribution in [2.75, 3.05) is 7.11 Å². The van der Waals surface area contributed by atoms with Gasteiger partial charge in [0.25, 0.3) is 5.56 Å². The molecule has 0 atom stereocenters. The molecule has 0 radical (unpaired) electrons. The minimum absolute atomic E-state index is 0.101. The van der Waals surface area contributed by atoms with Gasteiger partial charge in [-0.2, -0.15) is 0 Å². The Balaban J connectivity index is 0.000000921. The van der Waals surface area contributed by atoms with Crippen LogP contribution in [-0.2, 0) is 17.6 Å². The molecule has 0 unspecified atom stereocenters. The van der Waals surface area contributed by atoms with Gasteiger partial charge in [-0.25, -0.2) is 4.79 Å². The average Bonchev–Trinajstić information content (AvgIpc) is 2.50. The molecule has 1 aromatic rings. The van der Waals surface area contributed by atoms with Crippen LogP contribution in [-0.4, -0.2) is 18.1 Å². The number of esters is 1. The Morgan fingerprint density at radius 1 is 1.24 bits per heavy atom. The van der Waals surface area contributed by atoms with Gasteiger partial charge < -0.3 is 9.72 Å². The first-order valence-electron chi connectivity index (χ1n) is 7.76. The highest BCUT2D eigenvalue weighted by atomic mass is 16.5. The quantitative estimate of drug-likeness (QED) is 0.803. The van der Waals surface area contributed by atoms with Crippen LogP contribution in [0.5, 0.6) is 0 Å². The first-order valence-corrected chi connectivity index (χ1v) is 7.76. The largest absolute Gasteiger partial charge is 0.465 e. The zero-order valence-electron chi connectivity index (χ0n) is 14.4. The molecule has 4 heteroatoms. The lowest BCUT2D eigenvalue weighted by Gasteiger charge is -2.30. The number of nitrogens with one attached hydrogen (secondary N) is 1. The van der Waals surface area contributed by atoms with Crippen molar-refractivity contribution in [3.05, 3.63) is 33.2 Å². The second-order valence-corrected chi connectivity index (χ2v) is 5.35. The van der Waals surface area contributed by atoms with E-state index in [0.717, 1.165) is 30.5 Å². The van der Waals surface area contributed by atoms with E-state index in [2.05, 4.69) is 23.6 Å². The van der Waals surface area contributed by atoms with Crippen molar-refractivity contribution in [3.63, 3.8) is 0 Å². The smallest absolute Gasteiger partial charge is 0.343 e. The number of aromatic nitrogens is 1. The topological polar surface area (TPSA) is 59.2 Å². The van der Waals surface area contributed by atoms with E-state index in [-0.39, 0.29) is 16.5 Å². The molecule has 0 fully saturated rings. The van der Waals surface area contributed by atoms with Crippen LogP contribution in [0.25, 0.3) is 0 Å². The van der Waals surface area contributed by atoms with Gasteiger partial charge in [-0.05, 0) is 36.3 Å². The summed E-state index contributed by atoms with van der Waals surface area (Å²) in [6.07, 6.45) is 2.79. The van der Waals surface area contributed by atoms with Crippen molar-refractivity contribution < 1.29 is 9.53 Å². The number of carbonyl (C=O) groups excluding carboxylic acids is 1. The summed E-state index contributed by atoms with van der Waals surface area (Å²) in [6, 6.07) is 1.68. The summed E-state index contributed by atoms with van der Waals surface area (Å²) in [4.78, 5) is 25.9. The van der Waals surface area contributed by atoms with Crippen molar-refractivity contribution in [2.24, 2.45) is 5.41 Å². The molecule has 0 spiro atoms. The fraction of sp³-hybridized carbons (Fsp3) is 0.647. The number of methoxy groups -OCH3 is 1. The molecule has 4 nitrogen and oxygen atoms in total. The van der Waals surface area contributed by atoms with Crippen molar-refractivity contribution in [1.82, 2.24) is 4.98 Å². The molecule has 120 valence electrons. The number of H-pyrrole nitrogens is 1. The van der Waals surface area contributed by atoms with Gasteiger partial charge in [-0.3, -0.25) is 4.79 Å². The standard InChI is InChI=1S/C13H17NO3.2C2H6/c1-13(2)5-4-10-8(7-13)6-9(11(15)14-10)12(16)17-3;2*1-2/h6H,4-5,7H2,1-3H3,(H,14,15);2*1-2H3. The summed E-state index contributed by atoms with van der Waals surface area (Å²) >= 11 is 0. The fourth-order valence-corrected chi connectivity index (χ4v) is 2.32. The second kappa shape index (κ2) is 8.65. The Labute approximate surface area is 127 Å². The van der Waals surface area contributed by atoms with Crippen LogP contribution in [0.1, 0.15) is 69.6 Å². The van der Waals surface area contributed by atoms with E-state index in [1.54, 1.807) is 6.07 Å². The van der Waals surface area contributed by atoms with E-state index in [9.17, 15) is 9.59 Å². The van der Waals surface area contributed by atoms with E-state index >= 15 is 0 Å². The molecule has 2 rings (SSSR count). The van der Waals surface area contributed by atoms with Gasteiger partial charge in [0.15, 0.2) is 0 Å². The Morgan fingerprint density at radius 3 is 2.33 bits per heavy atom. The molecule has 1 aliphatic carbocycles. The van der Waals surface area contributed by atoms with Crippen LogP contribution in [0.2, 0.25) is 0 Å². The van der Waals surface area contributed by atoms with E-state index in [4.69, 9.17) is 0 Å². The van der Waals surface area contributed by atoms with E-state index in [1.165, 1.54) is 7.11 Å². The number of carbonyl (C=O) groups is 1. The molecule has 1 heterocycles. The third-order valence-electron chi connectivity index (χ3n) is 3.34. The number of hydrogen-bond donors (Lipinski definition) is 1. The third kappa shape index (κ3) is 5.03. The second-order valence-electron chi connectivity index (χ2n) is 5.35. The molecule has 0 aromatic carbocycles. The normalized spacial score (nSPS) is 14.6. The van der Waals surface area contributed by atoms with Gasteiger partial charge >= 0.3 is 5.97 Å². The van der Waals surface area contributed by atoms with Crippen molar-refractivity contribution >= 4 is 5.97 Å². The first kappa shape index (κ1) is 19.4. The molecular formula is C17H29NO3. The zero-order chi connectivity index (χ0) is 16.6. The number of aryl methyl sites for hydroxylation is 1. The first-order chi connectivity index (χ1) is 9.93. The summed E-state index contributed by atoms with van der Waals surface area (Å²) in [5.41, 5.74) is 1.99. The molecule has 0 bridgehead atoms. The van der Waals surface area contributed by atoms with Crippen LogP contribution in [0.4, 0.5) is 0 Å². The molecule has 0 aliphatic heterocycles. The van der Waals surface area contributed by atoms with E-state index in [0.29, 0.717) is 0 Å². The highest BCUT2D eigenvalue weighted by Crippen LogP contribution is 2.33. The highest BCUT2D eigenvalue weighted by Gasteiger charge is 2.27. The lowest BCUT2D eigenvalue weighted by atomic mass is 9.76. The van der Waals surface area contributed by atoms with Gasteiger partial charge in [0.2, 0.25) is 0 Å². The van der Waals surface area contributed by atoms with Crippen molar-refractivity contribution in [3.8, 4) is 0 Å². The minimum atomic E-state index is -0.572. The lowest BCUT2D eigenvalue weighted by Crippen LogP contribution is -2.28. The SMILES string of the molecule is CC.CC.COC(=O)c1cc2c([nH]c1=O)CCC(C)(C)C2. The highest BCUT2D eigenvalue weighted by molar-refractivity contribution is 5.89. The maximum absolute atomic E-state index is 11.7. The zero-order valence-corrected chi connectivity index (χ0v) is 14.4. The van der Waals surface area contributed by atoms with E-state index < -0.39 is 5.97 Å². The number of pyridine rings is 1. The Bertz CT molecular complexity index is 515. The average molecular weight is 295 g/mol. The summed E-state index contributed by atoms with van der Waals surface area (Å²) in [6.45, 7) is 12.4. The molecule has 0 saturated carbocycles. The predicted octanol–water partition coefficient (Wildman–Crippen LogP) is 3.73. The maximum atomic E-state index is 11.7. The molecule has 21 heavy (non-hydrogen) atoms. The summed E-state index contributed by atoms with van der Waals surface area (Å²) in [7, 11) is 1.28. The van der Waals surface area contributed by atoms with Gasteiger partial charge in [-0.15, -0.1) is 0 Å². The van der Waals surface area contributed by atoms with Crippen LogP contribution < -0.4 is 5.56 Å². The van der Waals surface area contributed by atoms with Gasteiger partial charge in [0, 0.05) is 5.69 Å². The molecule has 1 aliphatic rings. The number of hydrogen-bond acceptors (Lipinski definition) is 3. The Morgan fingerprint density at radius 2 is 1.81 bits per heavy atom. The number of rotatable bonds is 1. The fourth-order valence-electron chi connectivity index (χ4n) is 2.32. The Hall–Kier alpha value is -1.58. The van der Waals surface area contributed by atoms with Gasteiger partial charge in [0.05, 0.1) is 7.11 Å². The lowest BCUT2D eigenvalue weighted by molar-refractivity contribution is 0.0598. The number of aromatic amines is 1. The molecule has 0 amide bonds. The summed E-state index contributed by atoms with van der Waals surface area (Å²) in [5, 5.41) is 0. The Kier molecular flexibility index (Phi) is 8.00. The minimum Gasteiger partial charge on any atom is -0.465 e. The van der Waals surface area contributed by atoms with Crippen LogP contribution in [0.15, 0.2) is 10.9 Å². The van der Waals surface area contributed by atoms with Gasteiger partial charge in [-0.1, -0.05) is 41.5 Å². The molecular weight excluding hydrogens is 266 g/mol. The van der Waals surface area contributed by atoms with Crippen molar-refractivity contribution in [2.45, 2.75) is 60.8 Å². The third-order valence-corrected chi connectivity index (χ3v) is 3.34. The monoisotopic (exact) mass is 295 g/mol. The number of fused-ring (bicyclic) bond motifs is 1. The molecule has 1 N–H and O–H groups in total. The van der Waals surface area contributed by atoms with Crippen molar-refractivity contribution in [1.29, 1.82) is 0 Å². The number of ether oxygens (including phenoxy) is 1. The molecule has 0 saturated heterocycles. The molecule has 1 aromatic heterocycles. The van der Waals surface area contributed by atoms with Crippen LogP contribution >= 0.6 is 0 Å². The summed E-state index contributed by atoms with van der Waals surface area (Å²) < 4.78 is 4.60. The maximum Gasteiger partial charge on any atom is 0.343 e. The predicted molar refractivity (Wildman–Crippen MR) is 86.9 cm³/mol. The van der Waals surface area contributed by atoms with E-state index in [1.807, 2.05) is 27.7 Å². The van der Waals surface area contributed by atoms with Crippen LogP contribution in [0, 0.1) is 5.41 Å². The van der Waals surface area contributed by atoms with Crippen LogP contribution in [0.3, 0.4) is 0 Å². The van der Waals surface area contributed by atoms with Gasteiger partial charge in [0.1, 0.15) is 5.56 Å². The summed E-state index contributed by atoms with van der Waals surface area (Å²) in [5.74, 6) is -0.572.